The van der Waals surface area contributed by atoms with Crippen LogP contribution in [0.2, 0.25) is 0 Å². The van der Waals surface area contributed by atoms with Gasteiger partial charge in [0, 0.05) is 4.47 Å². The van der Waals surface area contributed by atoms with E-state index in [4.69, 9.17) is 0 Å². The van der Waals surface area contributed by atoms with Crippen molar-refractivity contribution in [1.82, 2.24) is 0 Å². The van der Waals surface area contributed by atoms with Crippen LogP contribution in [-0.4, -0.2) is 8.42 Å². The largest absolute Gasteiger partial charge is 0.280 e. The summed E-state index contributed by atoms with van der Waals surface area (Å²) in [4.78, 5) is 0. The summed E-state index contributed by atoms with van der Waals surface area (Å²) in [6.45, 7) is 0. The average Bonchev–Trinajstić information content (AvgIpc) is 2.32. The molecule has 0 aliphatic rings. The molecule has 0 saturated heterocycles. The summed E-state index contributed by atoms with van der Waals surface area (Å²) < 4.78 is 53.0. The van der Waals surface area contributed by atoms with E-state index in [0.717, 1.165) is 12.1 Å². The number of sulfonamides is 1. The molecule has 0 aromatic heterocycles. The molecule has 0 bridgehead atoms. The Morgan fingerprint density at radius 3 is 2.50 bits per heavy atom. The standard InChI is InChI=1S/C13H10BrF2NO2S/c14-10-4-5-13(12(16)7-10)17-20(18,19)8-9-2-1-3-11(15)6-9/h1-7,17H,8H2. The van der Waals surface area contributed by atoms with Crippen LogP contribution in [0.15, 0.2) is 46.9 Å². The molecule has 1 N–H and O–H groups in total. The monoisotopic (exact) mass is 361 g/mol. The van der Waals surface area contributed by atoms with Crippen molar-refractivity contribution in [2.24, 2.45) is 0 Å². The molecular formula is C13H10BrF2NO2S. The number of hydrogen-bond acceptors (Lipinski definition) is 2. The van der Waals surface area contributed by atoms with Gasteiger partial charge in [-0.05, 0) is 35.9 Å². The van der Waals surface area contributed by atoms with Crippen molar-refractivity contribution in [3.8, 4) is 0 Å². The van der Waals surface area contributed by atoms with Crippen LogP contribution in [0.3, 0.4) is 0 Å². The highest BCUT2D eigenvalue weighted by molar-refractivity contribution is 9.10. The molecule has 2 rings (SSSR count). The molecule has 0 radical (unpaired) electrons. The van der Waals surface area contributed by atoms with Crippen molar-refractivity contribution in [1.29, 1.82) is 0 Å². The predicted molar refractivity (Wildman–Crippen MR) is 76.7 cm³/mol. The fraction of sp³-hybridized carbons (Fsp3) is 0.0769. The van der Waals surface area contributed by atoms with Gasteiger partial charge in [0.1, 0.15) is 11.6 Å². The van der Waals surface area contributed by atoms with Gasteiger partial charge in [0.2, 0.25) is 10.0 Å². The molecule has 0 amide bonds. The molecule has 7 heteroatoms. The molecule has 2 aromatic rings. The summed E-state index contributed by atoms with van der Waals surface area (Å²) in [6.07, 6.45) is 0. The van der Waals surface area contributed by atoms with Crippen LogP contribution in [0.1, 0.15) is 5.56 Å². The van der Waals surface area contributed by atoms with E-state index in [1.54, 1.807) is 0 Å². The normalized spacial score (nSPS) is 11.3. The van der Waals surface area contributed by atoms with E-state index in [1.807, 2.05) is 0 Å². The van der Waals surface area contributed by atoms with Crippen molar-refractivity contribution >= 4 is 31.6 Å². The summed E-state index contributed by atoms with van der Waals surface area (Å²) in [5, 5.41) is 0. The number of anilines is 1. The van der Waals surface area contributed by atoms with E-state index in [-0.39, 0.29) is 11.3 Å². The lowest BCUT2D eigenvalue weighted by atomic mass is 10.2. The zero-order chi connectivity index (χ0) is 14.8. The minimum Gasteiger partial charge on any atom is -0.280 e. The van der Waals surface area contributed by atoms with Crippen LogP contribution in [0.25, 0.3) is 0 Å². The molecular weight excluding hydrogens is 352 g/mol. The quantitative estimate of drug-likeness (QED) is 0.902. The van der Waals surface area contributed by atoms with E-state index in [2.05, 4.69) is 20.7 Å². The maximum absolute atomic E-state index is 13.6. The first-order valence-electron chi connectivity index (χ1n) is 5.56. The van der Waals surface area contributed by atoms with E-state index in [9.17, 15) is 17.2 Å². The second-order valence-electron chi connectivity index (χ2n) is 4.12. The molecule has 0 atom stereocenters. The van der Waals surface area contributed by atoms with Gasteiger partial charge in [-0.15, -0.1) is 0 Å². The second-order valence-corrected chi connectivity index (χ2v) is 6.75. The van der Waals surface area contributed by atoms with E-state index in [0.29, 0.717) is 4.47 Å². The van der Waals surface area contributed by atoms with Crippen molar-refractivity contribution in [3.63, 3.8) is 0 Å². The highest BCUT2D eigenvalue weighted by atomic mass is 79.9. The highest BCUT2D eigenvalue weighted by Crippen LogP contribution is 2.21. The summed E-state index contributed by atoms with van der Waals surface area (Å²) >= 11 is 3.08. The summed E-state index contributed by atoms with van der Waals surface area (Å²) in [6, 6.07) is 9.22. The van der Waals surface area contributed by atoms with Crippen LogP contribution in [0.4, 0.5) is 14.5 Å². The minimum atomic E-state index is -3.81. The van der Waals surface area contributed by atoms with Crippen LogP contribution < -0.4 is 4.72 Å². The Morgan fingerprint density at radius 1 is 1.10 bits per heavy atom. The lowest BCUT2D eigenvalue weighted by Gasteiger charge is -2.09. The first kappa shape index (κ1) is 14.9. The molecule has 2 aromatic carbocycles. The SMILES string of the molecule is O=S(=O)(Cc1cccc(F)c1)Nc1ccc(Br)cc1F. The Bertz CT molecular complexity index is 735. The third kappa shape index (κ3) is 4.01. The van der Waals surface area contributed by atoms with Crippen molar-refractivity contribution in [2.45, 2.75) is 5.75 Å². The Hall–Kier alpha value is -1.47. The molecule has 0 heterocycles. The summed E-state index contributed by atoms with van der Waals surface area (Å²) in [7, 11) is -3.81. The first-order valence-corrected chi connectivity index (χ1v) is 8.00. The van der Waals surface area contributed by atoms with E-state index in [1.165, 1.54) is 30.3 Å². The van der Waals surface area contributed by atoms with E-state index < -0.39 is 27.4 Å². The minimum absolute atomic E-state index is 0.149. The molecule has 106 valence electrons. The molecule has 0 saturated carbocycles. The van der Waals surface area contributed by atoms with Gasteiger partial charge < -0.3 is 0 Å². The van der Waals surface area contributed by atoms with Gasteiger partial charge in [0.05, 0.1) is 11.4 Å². The Labute approximate surface area is 123 Å². The molecule has 0 spiro atoms. The predicted octanol–water partition coefficient (Wildman–Crippen LogP) is 3.67. The Morgan fingerprint density at radius 2 is 1.85 bits per heavy atom. The fourth-order valence-electron chi connectivity index (χ4n) is 1.62. The molecule has 0 unspecified atom stereocenters. The van der Waals surface area contributed by atoms with Crippen molar-refractivity contribution < 1.29 is 17.2 Å². The van der Waals surface area contributed by atoms with Gasteiger partial charge in [-0.25, -0.2) is 17.2 Å². The number of nitrogens with one attached hydrogen (secondary N) is 1. The lowest BCUT2D eigenvalue weighted by Crippen LogP contribution is -2.16. The Kier molecular flexibility index (Phi) is 4.39. The zero-order valence-electron chi connectivity index (χ0n) is 10.1. The second kappa shape index (κ2) is 5.88. The first-order chi connectivity index (χ1) is 9.35. The smallest absolute Gasteiger partial charge is 0.237 e. The average molecular weight is 362 g/mol. The number of hydrogen-bond donors (Lipinski definition) is 1. The maximum Gasteiger partial charge on any atom is 0.237 e. The summed E-state index contributed by atoms with van der Waals surface area (Å²) in [5.74, 6) is -1.64. The third-order valence-electron chi connectivity index (χ3n) is 2.44. The third-order valence-corrected chi connectivity index (χ3v) is 4.18. The molecule has 20 heavy (non-hydrogen) atoms. The lowest BCUT2D eigenvalue weighted by molar-refractivity contribution is 0.597. The van der Waals surface area contributed by atoms with Crippen molar-refractivity contribution in [2.75, 3.05) is 4.72 Å². The molecule has 0 aliphatic heterocycles. The number of halogens is 3. The van der Waals surface area contributed by atoms with Gasteiger partial charge in [0.25, 0.3) is 0 Å². The van der Waals surface area contributed by atoms with Gasteiger partial charge in [-0.2, -0.15) is 0 Å². The van der Waals surface area contributed by atoms with Gasteiger partial charge in [-0.3, -0.25) is 4.72 Å². The molecule has 3 nitrogen and oxygen atoms in total. The fourth-order valence-corrected chi connectivity index (χ4v) is 3.15. The van der Waals surface area contributed by atoms with Gasteiger partial charge >= 0.3 is 0 Å². The van der Waals surface area contributed by atoms with Crippen molar-refractivity contribution in [3.05, 3.63) is 64.1 Å². The van der Waals surface area contributed by atoms with Crippen LogP contribution in [0.5, 0.6) is 0 Å². The highest BCUT2D eigenvalue weighted by Gasteiger charge is 2.14. The maximum atomic E-state index is 13.6. The zero-order valence-corrected chi connectivity index (χ0v) is 12.5. The molecule has 0 aliphatic carbocycles. The van der Waals surface area contributed by atoms with Gasteiger partial charge in [0.15, 0.2) is 0 Å². The number of rotatable bonds is 4. The topological polar surface area (TPSA) is 46.2 Å². The van der Waals surface area contributed by atoms with Crippen LogP contribution in [-0.2, 0) is 15.8 Å². The number of benzene rings is 2. The van der Waals surface area contributed by atoms with Crippen LogP contribution in [0, 0.1) is 11.6 Å². The van der Waals surface area contributed by atoms with E-state index >= 15 is 0 Å². The Balaban J connectivity index is 2.19. The van der Waals surface area contributed by atoms with Crippen LogP contribution >= 0.6 is 15.9 Å². The molecule has 0 fully saturated rings. The summed E-state index contributed by atoms with van der Waals surface area (Å²) in [5.41, 5.74) is 0.139. The van der Waals surface area contributed by atoms with Gasteiger partial charge in [-0.1, -0.05) is 28.1 Å².